The molecule has 3 heteroatoms. The third-order valence-electron chi connectivity index (χ3n) is 4.51. The average molecular weight is 224 g/mol. The molecule has 2 saturated carbocycles. The molecule has 1 amide bonds. The van der Waals surface area contributed by atoms with E-state index in [1.54, 1.807) is 0 Å². The summed E-state index contributed by atoms with van der Waals surface area (Å²) in [5.41, 5.74) is 5.63. The zero-order valence-corrected chi connectivity index (χ0v) is 10.4. The molecule has 0 heterocycles. The van der Waals surface area contributed by atoms with Gasteiger partial charge in [0, 0.05) is 20.1 Å². The fraction of sp³-hybridized carbons (Fsp3) is 0.923. The van der Waals surface area contributed by atoms with Gasteiger partial charge in [-0.25, -0.2) is 0 Å². The number of hydrogen-bond acceptors (Lipinski definition) is 2. The number of amides is 1. The molecule has 0 aliphatic heterocycles. The molecule has 2 aliphatic carbocycles. The average Bonchev–Trinajstić information content (AvgIpc) is 2.71. The van der Waals surface area contributed by atoms with E-state index in [-0.39, 0.29) is 5.41 Å². The SMILES string of the molecule is CN(CC1CCC1)C(=O)C1(CN)CCCC1. The van der Waals surface area contributed by atoms with Gasteiger partial charge in [0.05, 0.1) is 5.41 Å². The van der Waals surface area contributed by atoms with Gasteiger partial charge in [0.1, 0.15) is 0 Å². The van der Waals surface area contributed by atoms with Crippen LogP contribution in [0, 0.1) is 11.3 Å². The maximum absolute atomic E-state index is 12.4. The number of hydrogen-bond donors (Lipinski definition) is 1. The molecule has 0 radical (unpaired) electrons. The first-order valence-electron chi connectivity index (χ1n) is 6.63. The Hall–Kier alpha value is -0.570. The van der Waals surface area contributed by atoms with E-state index in [2.05, 4.69) is 0 Å². The molecule has 16 heavy (non-hydrogen) atoms. The standard InChI is InChI=1S/C13H24N2O/c1-15(9-11-5-4-6-11)12(16)13(10-14)7-2-3-8-13/h11H,2-10,14H2,1H3. The Morgan fingerprint density at radius 2 is 1.94 bits per heavy atom. The lowest BCUT2D eigenvalue weighted by Crippen LogP contribution is -2.47. The molecule has 2 fully saturated rings. The van der Waals surface area contributed by atoms with Crippen molar-refractivity contribution in [3.63, 3.8) is 0 Å². The number of carbonyl (C=O) groups excluding carboxylic acids is 1. The predicted octanol–water partition coefficient (Wildman–Crippen LogP) is 1.76. The van der Waals surface area contributed by atoms with Crippen LogP contribution in [0.4, 0.5) is 0 Å². The van der Waals surface area contributed by atoms with Gasteiger partial charge in [-0.15, -0.1) is 0 Å². The molecule has 0 aromatic heterocycles. The van der Waals surface area contributed by atoms with Gasteiger partial charge in [-0.1, -0.05) is 19.3 Å². The number of rotatable bonds is 4. The molecule has 0 saturated heterocycles. The minimum atomic E-state index is -0.210. The molecule has 2 aliphatic rings. The molecule has 0 aromatic rings. The number of nitrogens with zero attached hydrogens (tertiary/aromatic N) is 1. The summed E-state index contributed by atoms with van der Waals surface area (Å²) in [6, 6.07) is 0. The van der Waals surface area contributed by atoms with Crippen molar-refractivity contribution in [2.45, 2.75) is 44.9 Å². The summed E-state index contributed by atoms with van der Waals surface area (Å²) in [5, 5.41) is 0. The van der Waals surface area contributed by atoms with Crippen molar-refractivity contribution in [2.75, 3.05) is 20.1 Å². The minimum absolute atomic E-state index is 0.210. The second-order valence-electron chi connectivity index (χ2n) is 5.67. The second kappa shape index (κ2) is 4.74. The Morgan fingerprint density at radius 1 is 1.31 bits per heavy atom. The van der Waals surface area contributed by atoms with E-state index in [1.165, 1.54) is 32.1 Å². The van der Waals surface area contributed by atoms with Crippen LogP contribution in [0.25, 0.3) is 0 Å². The van der Waals surface area contributed by atoms with Crippen LogP contribution in [-0.4, -0.2) is 30.9 Å². The van der Waals surface area contributed by atoms with Crippen molar-refractivity contribution in [3.05, 3.63) is 0 Å². The molecule has 92 valence electrons. The summed E-state index contributed by atoms with van der Waals surface area (Å²) >= 11 is 0. The molecular weight excluding hydrogens is 200 g/mol. The van der Waals surface area contributed by atoms with Gasteiger partial charge in [0.15, 0.2) is 0 Å². The molecular formula is C13H24N2O. The van der Waals surface area contributed by atoms with Crippen LogP contribution in [0.1, 0.15) is 44.9 Å². The molecule has 0 atom stereocenters. The van der Waals surface area contributed by atoms with E-state index < -0.39 is 0 Å². The third-order valence-corrected chi connectivity index (χ3v) is 4.51. The third kappa shape index (κ3) is 2.10. The van der Waals surface area contributed by atoms with E-state index in [1.807, 2.05) is 11.9 Å². The first-order chi connectivity index (χ1) is 7.68. The van der Waals surface area contributed by atoms with E-state index in [9.17, 15) is 4.79 Å². The van der Waals surface area contributed by atoms with Crippen molar-refractivity contribution in [3.8, 4) is 0 Å². The summed E-state index contributed by atoms with van der Waals surface area (Å²) < 4.78 is 0. The van der Waals surface area contributed by atoms with Crippen LogP contribution in [0.2, 0.25) is 0 Å². The van der Waals surface area contributed by atoms with E-state index >= 15 is 0 Å². The topological polar surface area (TPSA) is 46.3 Å². The molecule has 3 nitrogen and oxygen atoms in total. The lowest BCUT2D eigenvalue weighted by atomic mass is 9.82. The van der Waals surface area contributed by atoms with Crippen molar-refractivity contribution in [1.82, 2.24) is 4.90 Å². The monoisotopic (exact) mass is 224 g/mol. The van der Waals surface area contributed by atoms with Gasteiger partial charge in [-0.05, 0) is 31.6 Å². The molecule has 2 rings (SSSR count). The Kier molecular flexibility index (Phi) is 3.53. The summed E-state index contributed by atoms with van der Waals surface area (Å²) in [6.45, 7) is 1.47. The van der Waals surface area contributed by atoms with Crippen LogP contribution in [0.5, 0.6) is 0 Å². The Labute approximate surface area is 98.4 Å². The van der Waals surface area contributed by atoms with Crippen molar-refractivity contribution >= 4 is 5.91 Å². The first kappa shape index (κ1) is 11.9. The lowest BCUT2D eigenvalue weighted by Gasteiger charge is -2.35. The Morgan fingerprint density at radius 3 is 2.38 bits per heavy atom. The van der Waals surface area contributed by atoms with Crippen LogP contribution < -0.4 is 5.73 Å². The molecule has 0 aromatic carbocycles. The van der Waals surface area contributed by atoms with Crippen LogP contribution in [-0.2, 0) is 4.79 Å². The van der Waals surface area contributed by atoms with Crippen LogP contribution in [0.3, 0.4) is 0 Å². The highest BCUT2D eigenvalue weighted by Crippen LogP contribution is 2.39. The molecule has 0 bridgehead atoms. The van der Waals surface area contributed by atoms with E-state index in [0.29, 0.717) is 12.5 Å². The Bertz CT molecular complexity index is 255. The van der Waals surface area contributed by atoms with Gasteiger partial charge in [-0.3, -0.25) is 4.79 Å². The van der Waals surface area contributed by atoms with Crippen LogP contribution >= 0.6 is 0 Å². The zero-order valence-electron chi connectivity index (χ0n) is 10.4. The fourth-order valence-electron chi connectivity index (χ4n) is 3.11. The maximum Gasteiger partial charge on any atom is 0.229 e. The quantitative estimate of drug-likeness (QED) is 0.791. The highest BCUT2D eigenvalue weighted by molar-refractivity contribution is 5.83. The molecule has 0 spiro atoms. The Balaban J connectivity index is 1.93. The smallest absolute Gasteiger partial charge is 0.229 e. The minimum Gasteiger partial charge on any atom is -0.345 e. The predicted molar refractivity (Wildman–Crippen MR) is 64.9 cm³/mol. The lowest BCUT2D eigenvalue weighted by molar-refractivity contribution is -0.141. The first-order valence-corrected chi connectivity index (χ1v) is 6.63. The normalized spacial score (nSPS) is 24.1. The van der Waals surface area contributed by atoms with Gasteiger partial charge >= 0.3 is 0 Å². The summed E-state index contributed by atoms with van der Waals surface area (Å²) in [7, 11) is 1.95. The van der Waals surface area contributed by atoms with Crippen molar-refractivity contribution in [1.29, 1.82) is 0 Å². The molecule has 0 unspecified atom stereocenters. The van der Waals surface area contributed by atoms with Gasteiger partial charge < -0.3 is 10.6 Å². The summed E-state index contributed by atoms with van der Waals surface area (Å²) in [4.78, 5) is 14.4. The maximum atomic E-state index is 12.4. The van der Waals surface area contributed by atoms with Gasteiger partial charge in [-0.2, -0.15) is 0 Å². The van der Waals surface area contributed by atoms with Crippen molar-refractivity contribution in [2.24, 2.45) is 17.1 Å². The van der Waals surface area contributed by atoms with E-state index in [4.69, 9.17) is 5.73 Å². The second-order valence-corrected chi connectivity index (χ2v) is 5.67. The van der Waals surface area contributed by atoms with Crippen LogP contribution in [0.15, 0.2) is 0 Å². The largest absolute Gasteiger partial charge is 0.345 e. The van der Waals surface area contributed by atoms with Gasteiger partial charge in [0.2, 0.25) is 5.91 Å². The zero-order chi connectivity index (χ0) is 11.6. The van der Waals surface area contributed by atoms with E-state index in [0.717, 1.165) is 25.3 Å². The number of carbonyl (C=O) groups is 1. The summed E-state index contributed by atoms with van der Waals surface area (Å²) in [5.74, 6) is 1.06. The summed E-state index contributed by atoms with van der Waals surface area (Å²) in [6.07, 6.45) is 8.27. The highest BCUT2D eigenvalue weighted by atomic mass is 16.2. The van der Waals surface area contributed by atoms with Gasteiger partial charge in [0.25, 0.3) is 0 Å². The highest BCUT2D eigenvalue weighted by Gasteiger charge is 2.41. The molecule has 2 N–H and O–H groups in total. The fourth-order valence-corrected chi connectivity index (χ4v) is 3.11. The van der Waals surface area contributed by atoms with Crippen molar-refractivity contribution < 1.29 is 4.79 Å². The number of nitrogens with two attached hydrogens (primary N) is 1.